The van der Waals surface area contributed by atoms with Gasteiger partial charge in [0.25, 0.3) is 5.91 Å². The molecule has 0 aliphatic carbocycles. The van der Waals surface area contributed by atoms with Crippen LogP contribution in [0, 0.1) is 3.57 Å². The van der Waals surface area contributed by atoms with Crippen molar-refractivity contribution < 1.29 is 4.79 Å². The summed E-state index contributed by atoms with van der Waals surface area (Å²) in [5, 5.41) is 0. The van der Waals surface area contributed by atoms with Crippen molar-refractivity contribution in [2.24, 2.45) is 0 Å². The molecule has 19 heavy (non-hydrogen) atoms. The van der Waals surface area contributed by atoms with E-state index in [1.54, 1.807) is 0 Å². The third kappa shape index (κ3) is 2.56. The van der Waals surface area contributed by atoms with Crippen molar-refractivity contribution in [2.45, 2.75) is 6.42 Å². The lowest BCUT2D eigenvalue weighted by molar-refractivity contribution is 0.0989. The SMILES string of the molecule is O=C(c1cccc(I)c1)N1CCc2cc(Br)ccc21. The van der Waals surface area contributed by atoms with Crippen LogP contribution < -0.4 is 4.90 Å². The Morgan fingerprint density at radius 2 is 2.05 bits per heavy atom. The minimum Gasteiger partial charge on any atom is -0.308 e. The van der Waals surface area contributed by atoms with Gasteiger partial charge in [0.15, 0.2) is 0 Å². The molecule has 0 saturated carbocycles. The van der Waals surface area contributed by atoms with Crippen LogP contribution in [0.5, 0.6) is 0 Å². The first-order valence-corrected chi connectivity index (χ1v) is 7.88. The summed E-state index contributed by atoms with van der Waals surface area (Å²) in [6.07, 6.45) is 0.921. The second-order valence-corrected chi connectivity index (χ2v) is 6.65. The maximum atomic E-state index is 12.6. The molecule has 1 heterocycles. The van der Waals surface area contributed by atoms with Gasteiger partial charge in [0.2, 0.25) is 0 Å². The van der Waals surface area contributed by atoms with E-state index in [-0.39, 0.29) is 5.91 Å². The average Bonchev–Trinajstić information content (AvgIpc) is 2.80. The van der Waals surface area contributed by atoms with Crippen LogP contribution >= 0.6 is 38.5 Å². The van der Waals surface area contributed by atoms with E-state index in [1.807, 2.05) is 41.3 Å². The molecular formula is C15H11BrINO. The lowest BCUT2D eigenvalue weighted by atomic mass is 10.1. The molecule has 0 bridgehead atoms. The third-order valence-corrected chi connectivity index (χ3v) is 4.42. The van der Waals surface area contributed by atoms with E-state index in [9.17, 15) is 4.79 Å². The number of hydrogen-bond donors (Lipinski definition) is 0. The lowest BCUT2D eigenvalue weighted by Gasteiger charge is -2.17. The smallest absolute Gasteiger partial charge is 0.258 e. The van der Waals surface area contributed by atoms with Gasteiger partial charge in [-0.1, -0.05) is 22.0 Å². The highest BCUT2D eigenvalue weighted by atomic mass is 127. The zero-order valence-corrected chi connectivity index (χ0v) is 13.8. The molecule has 0 atom stereocenters. The molecule has 2 aromatic rings. The number of rotatable bonds is 1. The van der Waals surface area contributed by atoms with Crippen LogP contribution in [0.3, 0.4) is 0 Å². The molecule has 0 fully saturated rings. The highest BCUT2D eigenvalue weighted by Gasteiger charge is 2.25. The number of nitrogens with zero attached hydrogens (tertiary/aromatic N) is 1. The van der Waals surface area contributed by atoms with Crippen molar-refractivity contribution >= 4 is 50.1 Å². The number of fused-ring (bicyclic) bond motifs is 1. The van der Waals surface area contributed by atoms with Crippen molar-refractivity contribution in [3.63, 3.8) is 0 Å². The first-order chi connectivity index (χ1) is 9.15. The molecule has 0 N–H and O–H groups in total. The van der Waals surface area contributed by atoms with E-state index < -0.39 is 0 Å². The standard InChI is InChI=1S/C15H11BrINO/c16-12-4-5-14-10(8-12)6-7-18(14)15(19)11-2-1-3-13(17)9-11/h1-5,8-9H,6-7H2. The second kappa shape index (κ2) is 5.25. The number of halogens is 2. The normalized spacial score (nSPS) is 13.5. The molecule has 0 saturated heterocycles. The fourth-order valence-corrected chi connectivity index (χ4v) is 3.31. The second-order valence-electron chi connectivity index (χ2n) is 4.49. The first-order valence-electron chi connectivity index (χ1n) is 6.01. The van der Waals surface area contributed by atoms with E-state index in [1.165, 1.54) is 5.56 Å². The summed E-state index contributed by atoms with van der Waals surface area (Å²) < 4.78 is 2.15. The largest absolute Gasteiger partial charge is 0.308 e. The molecule has 0 aromatic heterocycles. The van der Waals surface area contributed by atoms with Crippen LogP contribution in [0.1, 0.15) is 15.9 Å². The monoisotopic (exact) mass is 427 g/mol. The van der Waals surface area contributed by atoms with Crippen molar-refractivity contribution in [1.29, 1.82) is 0 Å². The summed E-state index contributed by atoms with van der Waals surface area (Å²) in [4.78, 5) is 14.4. The molecule has 1 amide bonds. The predicted molar refractivity (Wildman–Crippen MR) is 88.7 cm³/mol. The van der Waals surface area contributed by atoms with Crippen LogP contribution in [0.15, 0.2) is 46.9 Å². The summed E-state index contributed by atoms with van der Waals surface area (Å²) >= 11 is 5.70. The van der Waals surface area contributed by atoms with E-state index in [0.717, 1.165) is 32.3 Å². The molecule has 0 spiro atoms. The fraction of sp³-hybridized carbons (Fsp3) is 0.133. The summed E-state index contributed by atoms with van der Waals surface area (Å²) in [6.45, 7) is 0.760. The molecule has 96 valence electrons. The Morgan fingerprint density at radius 1 is 1.21 bits per heavy atom. The minimum absolute atomic E-state index is 0.0830. The molecule has 2 nitrogen and oxygen atoms in total. The Kier molecular flexibility index (Phi) is 3.62. The molecule has 1 aliphatic rings. The van der Waals surface area contributed by atoms with E-state index >= 15 is 0 Å². The lowest BCUT2D eigenvalue weighted by Crippen LogP contribution is -2.28. The van der Waals surface area contributed by atoms with Crippen LogP contribution in [0.2, 0.25) is 0 Å². The number of hydrogen-bond acceptors (Lipinski definition) is 1. The zero-order chi connectivity index (χ0) is 13.4. The predicted octanol–water partition coefficient (Wildman–Crippen LogP) is 4.26. The van der Waals surface area contributed by atoms with Gasteiger partial charge in [0.1, 0.15) is 0 Å². The first kappa shape index (κ1) is 13.1. The average molecular weight is 428 g/mol. The number of carbonyl (C=O) groups is 1. The summed E-state index contributed by atoms with van der Waals surface area (Å²) in [7, 11) is 0. The maximum Gasteiger partial charge on any atom is 0.258 e. The minimum atomic E-state index is 0.0830. The Labute approximate surface area is 134 Å². The van der Waals surface area contributed by atoms with Crippen molar-refractivity contribution in [2.75, 3.05) is 11.4 Å². The van der Waals surface area contributed by atoms with Crippen molar-refractivity contribution in [3.05, 3.63) is 61.6 Å². The van der Waals surface area contributed by atoms with Crippen molar-refractivity contribution in [3.8, 4) is 0 Å². The Morgan fingerprint density at radius 3 is 2.84 bits per heavy atom. The summed E-state index contributed by atoms with van der Waals surface area (Å²) in [5.41, 5.74) is 3.02. The third-order valence-electron chi connectivity index (χ3n) is 3.25. The maximum absolute atomic E-state index is 12.6. The Hall–Kier alpha value is -0.880. The van der Waals surface area contributed by atoms with Gasteiger partial charge in [0.05, 0.1) is 0 Å². The molecular weight excluding hydrogens is 417 g/mol. The van der Waals surface area contributed by atoms with Crippen LogP contribution in [-0.4, -0.2) is 12.5 Å². The molecule has 0 radical (unpaired) electrons. The van der Waals surface area contributed by atoms with Crippen LogP contribution in [0.4, 0.5) is 5.69 Å². The van der Waals surface area contributed by atoms with Gasteiger partial charge in [-0.15, -0.1) is 0 Å². The van der Waals surface area contributed by atoms with Gasteiger partial charge in [-0.2, -0.15) is 0 Å². The number of benzene rings is 2. The highest BCUT2D eigenvalue weighted by Crippen LogP contribution is 2.31. The molecule has 1 aliphatic heterocycles. The van der Waals surface area contributed by atoms with Crippen LogP contribution in [-0.2, 0) is 6.42 Å². The number of amides is 1. The van der Waals surface area contributed by atoms with Gasteiger partial charge < -0.3 is 4.90 Å². The van der Waals surface area contributed by atoms with Crippen LogP contribution in [0.25, 0.3) is 0 Å². The van der Waals surface area contributed by atoms with Gasteiger partial charge in [0, 0.05) is 25.8 Å². The Bertz CT molecular complexity index is 656. The molecule has 4 heteroatoms. The summed E-state index contributed by atoms with van der Waals surface area (Å²) in [6, 6.07) is 13.8. The van der Waals surface area contributed by atoms with E-state index in [2.05, 4.69) is 44.6 Å². The molecule has 3 rings (SSSR count). The molecule has 2 aromatic carbocycles. The molecule has 0 unspecified atom stereocenters. The van der Waals surface area contributed by atoms with Crippen molar-refractivity contribution in [1.82, 2.24) is 0 Å². The Balaban J connectivity index is 1.95. The van der Waals surface area contributed by atoms with Gasteiger partial charge in [-0.25, -0.2) is 0 Å². The topological polar surface area (TPSA) is 20.3 Å². The number of anilines is 1. The summed E-state index contributed by atoms with van der Waals surface area (Å²) in [5.74, 6) is 0.0830. The van der Waals surface area contributed by atoms with Gasteiger partial charge in [-0.05, 0) is 71.0 Å². The van der Waals surface area contributed by atoms with Gasteiger partial charge in [-0.3, -0.25) is 4.79 Å². The zero-order valence-electron chi connectivity index (χ0n) is 10.1. The number of carbonyl (C=O) groups excluding carboxylic acids is 1. The fourth-order valence-electron chi connectivity index (χ4n) is 2.36. The van der Waals surface area contributed by atoms with E-state index in [0.29, 0.717) is 0 Å². The van der Waals surface area contributed by atoms with E-state index in [4.69, 9.17) is 0 Å². The highest BCUT2D eigenvalue weighted by molar-refractivity contribution is 14.1. The van der Waals surface area contributed by atoms with Gasteiger partial charge >= 0.3 is 0 Å². The quantitative estimate of drug-likeness (QED) is 0.623.